The fraction of sp³-hybridized carbons (Fsp3) is 0.190. The molecular formula is C21H20N4O2. The molecule has 1 fully saturated rings. The van der Waals surface area contributed by atoms with Crippen LogP contribution < -0.4 is 5.32 Å². The minimum Gasteiger partial charge on any atom is -0.370 e. The van der Waals surface area contributed by atoms with E-state index in [0.29, 0.717) is 31.2 Å². The molecule has 4 rings (SSSR count). The molecule has 6 heteroatoms. The van der Waals surface area contributed by atoms with Gasteiger partial charge in [-0.3, -0.25) is 4.79 Å². The molecule has 2 aromatic carbocycles. The molecule has 2 heterocycles. The van der Waals surface area contributed by atoms with E-state index in [1.54, 1.807) is 18.5 Å². The zero-order valence-electron chi connectivity index (χ0n) is 14.8. The molecular weight excluding hydrogens is 340 g/mol. The number of nitrogens with one attached hydrogen (secondary N) is 1. The van der Waals surface area contributed by atoms with Crippen molar-refractivity contribution in [2.45, 2.75) is 6.10 Å². The highest BCUT2D eigenvalue weighted by molar-refractivity contribution is 5.95. The Labute approximate surface area is 157 Å². The van der Waals surface area contributed by atoms with E-state index in [0.717, 1.165) is 11.3 Å². The molecule has 0 radical (unpaired) electrons. The van der Waals surface area contributed by atoms with Crippen LogP contribution in [0.3, 0.4) is 0 Å². The number of hydrogen-bond donors (Lipinski definition) is 1. The lowest BCUT2D eigenvalue weighted by Gasteiger charge is -2.33. The Balaban J connectivity index is 1.48. The van der Waals surface area contributed by atoms with Gasteiger partial charge in [-0.1, -0.05) is 36.4 Å². The number of carbonyl (C=O) groups is 1. The molecule has 1 aromatic heterocycles. The normalized spacial score (nSPS) is 16.7. The van der Waals surface area contributed by atoms with Crippen LogP contribution in [0.5, 0.6) is 0 Å². The molecule has 3 aromatic rings. The maximum Gasteiger partial charge on any atom is 0.254 e. The third kappa shape index (κ3) is 4.12. The van der Waals surface area contributed by atoms with Gasteiger partial charge in [-0.15, -0.1) is 0 Å². The molecule has 1 saturated heterocycles. The first-order valence-corrected chi connectivity index (χ1v) is 8.89. The number of nitrogens with zero attached hydrogens (tertiary/aromatic N) is 3. The third-order valence-electron chi connectivity index (χ3n) is 4.46. The number of aromatic nitrogens is 2. The number of hydrogen-bond acceptors (Lipinski definition) is 5. The number of carbonyl (C=O) groups excluding carboxylic acids is 1. The number of benzene rings is 2. The maximum atomic E-state index is 13.0. The van der Waals surface area contributed by atoms with E-state index in [9.17, 15) is 4.79 Å². The van der Waals surface area contributed by atoms with Gasteiger partial charge in [0.15, 0.2) is 0 Å². The quantitative estimate of drug-likeness (QED) is 0.772. The maximum absolute atomic E-state index is 13.0. The number of ether oxygens (including phenoxy) is 1. The lowest BCUT2D eigenvalue weighted by atomic mass is 10.1. The zero-order valence-corrected chi connectivity index (χ0v) is 14.8. The van der Waals surface area contributed by atoms with Crippen molar-refractivity contribution in [1.82, 2.24) is 14.9 Å². The summed E-state index contributed by atoms with van der Waals surface area (Å²) in [5, 5.41) is 3.12. The first kappa shape index (κ1) is 17.2. The summed E-state index contributed by atoms with van der Waals surface area (Å²) in [6.07, 6.45) is 3.24. The summed E-state index contributed by atoms with van der Waals surface area (Å²) < 4.78 is 5.86. The number of amides is 1. The van der Waals surface area contributed by atoms with Gasteiger partial charge in [0, 0.05) is 30.2 Å². The molecule has 1 aliphatic heterocycles. The summed E-state index contributed by atoms with van der Waals surface area (Å²) in [4.78, 5) is 23.1. The van der Waals surface area contributed by atoms with Gasteiger partial charge in [0.2, 0.25) is 5.95 Å². The predicted molar refractivity (Wildman–Crippen MR) is 103 cm³/mol. The largest absolute Gasteiger partial charge is 0.370 e. The van der Waals surface area contributed by atoms with Crippen LogP contribution in [0.2, 0.25) is 0 Å². The average Bonchev–Trinajstić information content (AvgIpc) is 2.75. The highest BCUT2D eigenvalue weighted by atomic mass is 16.5. The molecule has 0 spiro atoms. The molecule has 6 nitrogen and oxygen atoms in total. The molecule has 0 unspecified atom stereocenters. The molecule has 0 saturated carbocycles. The molecule has 0 aliphatic carbocycles. The van der Waals surface area contributed by atoms with Gasteiger partial charge in [0.05, 0.1) is 13.2 Å². The Hall–Kier alpha value is -3.25. The lowest BCUT2D eigenvalue weighted by Crippen LogP contribution is -2.42. The summed E-state index contributed by atoms with van der Waals surface area (Å²) in [5.74, 6) is 0.495. The Bertz CT molecular complexity index is 902. The molecule has 1 amide bonds. The van der Waals surface area contributed by atoms with Crippen LogP contribution in [0.15, 0.2) is 73.1 Å². The van der Waals surface area contributed by atoms with Gasteiger partial charge in [-0.2, -0.15) is 0 Å². The van der Waals surface area contributed by atoms with E-state index in [-0.39, 0.29) is 12.0 Å². The highest BCUT2D eigenvalue weighted by Gasteiger charge is 2.26. The van der Waals surface area contributed by atoms with Crippen molar-refractivity contribution in [3.8, 4) is 0 Å². The van der Waals surface area contributed by atoms with Gasteiger partial charge in [0.25, 0.3) is 5.91 Å². The zero-order chi connectivity index (χ0) is 18.5. The van der Waals surface area contributed by atoms with Crippen molar-refractivity contribution in [3.63, 3.8) is 0 Å². The van der Waals surface area contributed by atoms with Gasteiger partial charge >= 0.3 is 0 Å². The number of anilines is 2. The van der Waals surface area contributed by atoms with E-state index >= 15 is 0 Å². The summed E-state index contributed by atoms with van der Waals surface area (Å²) in [5.41, 5.74) is 2.50. The lowest BCUT2D eigenvalue weighted by molar-refractivity contribution is -0.0228. The van der Waals surface area contributed by atoms with E-state index in [1.165, 1.54) is 0 Å². The Morgan fingerprint density at radius 2 is 1.85 bits per heavy atom. The highest BCUT2D eigenvalue weighted by Crippen LogP contribution is 2.24. The van der Waals surface area contributed by atoms with E-state index < -0.39 is 0 Å². The molecule has 1 aliphatic rings. The second-order valence-electron chi connectivity index (χ2n) is 6.30. The van der Waals surface area contributed by atoms with Crippen molar-refractivity contribution < 1.29 is 9.53 Å². The first-order chi connectivity index (χ1) is 13.3. The van der Waals surface area contributed by atoms with Gasteiger partial charge in [0.1, 0.15) is 6.10 Å². The van der Waals surface area contributed by atoms with E-state index in [4.69, 9.17) is 4.74 Å². The van der Waals surface area contributed by atoms with Crippen LogP contribution in [0.1, 0.15) is 22.0 Å². The molecule has 1 atom stereocenters. The van der Waals surface area contributed by atoms with Crippen molar-refractivity contribution in [3.05, 3.63) is 84.2 Å². The van der Waals surface area contributed by atoms with Crippen molar-refractivity contribution in [2.24, 2.45) is 0 Å². The minimum absolute atomic E-state index is 0.00291. The standard InChI is InChI=1S/C21H20N4O2/c26-20(25-12-13-27-19(15-25)16-6-2-1-3-7-16)17-8-4-9-18(14-17)24-21-22-10-5-11-23-21/h1-11,14,19H,12-13,15H2,(H,22,23,24)/t19-/m1/s1. The minimum atomic E-state index is -0.0945. The van der Waals surface area contributed by atoms with Crippen molar-refractivity contribution in [2.75, 3.05) is 25.0 Å². The van der Waals surface area contributed by atoms with Crippen LogP contribution in [0.4, 0.5) is 11.6 Å². The molecule has 1 N–H and O–H groups in total. The van der Waals surface area contributed by atoms with E-state index in [1.807, 2.05) is 59.5 Å². The van der Waals surface area contributed by atoms with E-state index in [2.05, 4.69) is 15.3 Å². The first-order valence-electron chi connectivity index (χ1n) is 8.89. The topological polar surface area (TPSA) is 67.4 Å². The van der Waals surface area contributed by atoms with Crippen molar-refractivity contribution >= 4 is 17.5 Å². The predicted octanol–water partition coefficient (Wildman–Crippen LogP) is 3.43. The second-order valence-corrected chi connectivity index (χ2v) is 6.30. The molecule has 0 bridgehead atoms. The van der Waals surface area contributed by atoms with Gasteiger partial charge in [-0.25, -0.2) is 9.97 Å². The fourth-order valence-electron chi connectivity index (χ4n) is 3.11. The smallest absolute Gasteiger partial charge is 0.254 e. The summed E-state index contributed by atoms with van der Waals surface area (Å²) in [6, 6.07) is 19.2. The Kier molecular flexibility index (Phi) is 5.07. The summed E-state index contributed by atoms with van der Waals surface area (Å²) in [6.45, 7) is 1.66. The Morgan fingerprint density at radius 1 is 1.04 bits per heavy atom. The Morgan fingerprint density at radius 3 is 2.67 bits per heavy atom. The molecule has 136 valence electrons. The van der Waals surface area contributed by atoms with Crippen molar-refractivity contribution in [1.29, 1.82) is 0 Å². The molecule has 27 heavy (non-hydrogen) atoms. The summed E-state index contributed by atoms with van der Waals surface area (Å²) >= 11 is 0. The third-order valence-corrected chi connectivity index (χ3v) is 4.46. The number of morpholine rings is 1. The summed E-state index contributed by atoms with van der Waals surface area (Å²) in [7, 11) is 0. The number of rotatable bonds is 4. The van der Waals surface area contributed by atoms with Crippen LogP contribution in [-0.2, 0) is 4.74 Å². The average molecular weight is 360 g/mol. The van der Waals surface area contributed by atoms with Crippen LogP contribution in [0.25, 0.3) is 0 Å². The van der Waals surface area contributed by atoms with Gasteiger partial charge in [-0.05, 0) is 29.8 Å². The van der Waals surface area contributed by atoms with Crippen LogP contribution in [0, 0.1) is 0 Å². The fourth-order valence-corrected chi connectivity index (χ4v) is 3.11. The van der Waals surface area contributed by atoms with Crippen LogP contribution >= 0.6 is 0 Å². The van der Waals surface area contributed by atoms with Crippen LogP contribution in [-0.4, -0.2) is 40.5 Å². The second kappa shape index (κ2) is 7.97. The monoisotopic (exact) mass is 360 g/mol. The van der Waals surface area contributed by atoms with Gasteiger partial charge < -0.3 is 15.0 Å². The SMILES string of the molecule is O=C(c1cccc(Nc2ncccn2)c1)N1CCO[C@@H](c2ccccc2)C1.